The average molecular weight is 444 g/mol. The fourth-order valence-electron chi connectivity index (χ4n) is 2.69. The van der Waals surface area contributed by atoms with Crippen LogP contribution in [0, 0.1) is 35.0 Å². The van der Waals surface area contributed by atoms with Gasteiger partial charge in [0.2, 0.25) is 41.1 Å². The van der Waals surface area contributed by atoms with E-state index in [0.717, 1.165) is 0 Å². The van der Waals surface area contributed by atoms with Crippen molar-refractivity contribution >= 4 is 11.6 Å². The highest BCUT2D eigenvalue weighted by atomic mass is 19.2. The van der Waals surface area contributed by atoms with E-state index in [1.165, 1.54) is 24.3 Å². The predicted molar refractivity (Wildman–Crippen MR) is 98.8 cm³/mol. The third-order valence-electron chi connectivity index (χ3n) is 4.10. The predicted octanol–water partition coefficient (Wildman–Crippen LogP) is 4.87. The van der Waals surface area contributed by atoms with Gasteiger partial charge in [-0.2, -0.15) is 8.78 Å². The molecule has 0 bridgehead atoms. The molecule has 12 heteroatoms. The normalized spacial score (nSPS) is 12.8. The van der Waals surface area contributed by atoms with Gasteiger partial charge in [0.1, 0.15) is 0 Å². The van der Waals surface area contributed by atoms with Gasteiger partial charge >= 0.3 is 0 Å². The lowest BCUT2D eigenvalue weighted by atomic mass is 10.0. The molecule has 0 aliphatic carbocycles. The number of ether oxygens (including phenoxy) is 1. The van der Waals surface area contributed by atoms with Crippen LogP contribution >= 0.6 is 0 Å². The van der Waals surface area contributed by atoms with Crippen LogP contribution in [0.2, 0.25) is 0 Å². The van der Waals surface area contributed by atoms with Crippen molar-refractivity contribution in [1.82, 2.24) is 5.32 Å². The highest BCUT2D eigenvalue weighted by Crippen LogP contribution is 2.30. The van der Waals surface area contributed by atoms with Crippen LogP contribution in [0.15, 0.2) is 29.4 Å². The number of rotatable bonds is 8. The second-order valence-corrected chi connectivity index (χ2v) is 6.82. The lowest BCUT2D eigenvalue weighted by molar-refractivity contribution is -0.0534. The van der Waals surface area contributed by atoms with Crippen LogP contribution in [0.3, 0.4) is 0 Å². The Bertz CT molecular complexity index is 999. The zero-order valence-corrected chi connectivity index (χ0v) is 16.2. The molecule has 0 aromatic heterocycles. The standard InChI is InChI=1S/C19H17F5N4O3/c1-8(2)7-11(26-18(29)9-5-3-4-6-10(9)27-28-25)19(30)31-17-15(23)13(21)12(20)14(22)16(17)24/h3-6,8,11,19,30H,7H2,1-2H3,(H,26,29)/t11-,19?/m0/s1. The van der Waals surface area contributed by atoms with E-state index in [1.54, 1.807) is 13.8 Å². The molecule has 0 saturated heterocycles. The minimum Gasteiger partial charge on any atom is -0.456 e. The van der Waals surface area contributed by atoms with Gasteiger partial charge < -0.3 is 15.2 Å². The molecule has 0 spiro atoms. The van der Waals surface area contributed by atoms with Crippen molar-refractivity contribution in [2.45, 2.75) is 32.6 Å². The number of nitrogens with one attached hydrogen (secondary N) is 1. The maximum absolute atomic E-state index is 13.9. The second kappa shape index (κ2) is 10.1. The maximum Gasteiger partial charge on any atom is 0.252 e. The number of benzene rings is 2. The summed E-state index contributed by atoms with van der Waals surface area (Å²) in [6.45, 7) is 3.39. The fourth-order valence-corrected chi connectivity index (χ4v) is 2.69. The van der Waals surface area contributed by atoms with E-state index in [0.29, 0.717) is 0 Å². The highest BCUT2D eigenvalue weighted by Gasteiger charge is 2.32. The lowest BCUT2D eigenvalue weighted by Crippen LogP contribution is -2.47. The first-order valence-corrected chi connectivity index (χ1v) is 8.89. The smallest absolute Gasteiger partial charge is 0.252 e. The van der Waals surface area contributed by atoms with Crippen molar-refractivity contribution in [3.8, 4) is 5.75 Å². The SMILES string of the molecule is CC(C)C[C@H](NC(=O)c1ccccc1N=[N+]=[N-])C(O)Oc1c(F)c(F)c(F)c(F)c1F. The van der Waals surface area contributed by atoms with Crippen molar-refractivity contribution in [3.63, 3.8) is 0 Å². The van der Waals surface area contributed by atoms with Crippen molar-refractivity contribution in [2.24, 2.45) is 11.0 Å². The van der Waals surface area contributed by atoms with Gasteiger partial charge in [-0.3, -0.25) is 4.79 Å². The molecule has 1 unspecified atom stereocenters. The Hall–Kier alpha value is -3.37. The second-order valence-electron chi connectivity index (χ2n) is 6.82. The number of hydrogen-bond acceptors (Lipinski definition) is 4. The van der Waals surface area contributed by atoms with Gasteiger partial charge in [-0.05, 0) is 23.9 Å². The summed E-state index contributed by atoms with van der Waals surface area (Å²) in [5.74, 6) is -14.1. The van der Waals surface area contributed by atoms with Crippen LogP contribution in [0.4, 0.5) is 27.6 Å². The lowest BCUT2D eigenvalue weighted by Gasteiger charge is -2.26. The molecule has 2 aromatic rings. The zero-order chi connectivity index (χ0) is 23.3. The van der Waals surface area contributed by atoms with Gasteiger partial charge in [-0.1, -0.05) is 37.2 Å². The van der Waals surface area contributed by atoms with E-state index in [4.69, 9.17) is 5.53 Å². The molecule has 2 rings (SSSR count). The molecule has 0 aliphatic rings. The first-order valence-electron chi connectivity index (χ1n) is 8.89. The van der Waals surface area contributed by atoms with Gasteiger partial charge in [0, 0.05) is 10.5 Å². The van der Waals surface area contributed by atoms with Crippen LogP contribution in [0.1, 0.15) is 30.6 Å². The number of halogens is 5. The highest BCUT2D eigenvalue weighted by molar-refractivity contribution is 5.99. The van der Waals surface area contributed by atoms with Gasteiger partial charge in [-0.15, -0.1) is 0 Å². The fraction of sp³-hybridized carbons (Fsp3) is 0.316. The molecular formula is C19H17F5N4O3. The number of aliphatic hydroxyl groups excluding tert-OH is 1. The first kappa shape index (κ1) is 23.9. The topological polar surface area (TPSA) is 107 Å². The maximum atomic E-state index is 13.9. The van der Waals surface area contributed by atoms with E-state index in [1.807, 2.05) is 0 Å². The number of carbonyl (C=O) groups is 1. The summed E-state index contributed by atoms with van der Waals surface area (Å²) < 4.78 is 72.3. The van der Waals surface area contributed by atoms with Crippen LogP contribution < -0.4 is 10.1 Å². The number of aliphatic hydroxyl groups is 1. The van der Waals surface area contributed by atoms with E-state index < -0.39 is 53.1 Å². The number of hydrogen-bond donors (Lipinski definition) is 2. The van der Waals surface area contributed by atoms with E-state index >= 15 is 0 Å². The number of azide groups is 1. The van der Waals surface area contributed by atoms with Crippen LogP contribution in [0.25, 0.3) is 10.4 Å². The molecule has 0 aliphatic heterocycles. The Morgan fingerprint density at radius 2 is 1.65 bits per heavy atom. The summed E-state index contributed by atoms with van der Waals surface area (Å²) in [6, 6.07) is 4.34. The van der Waals surface area contributed by atoms with Gasteiger partial charge in [-0.25, -0.2) is 13.2 Å². The quantitative estimate of drug-likeness (QED) is 0.115. The van der Waals surface area contributed by atoms with Crippen LogP contribution in [0.5, 0.6) is 5.75 Å². The number of carbonyl (C=O) groups excluding carboxylic acids is 1. The minimum absolute atomic E-state index is 0.00594. The molecule has 2 aromatic carbocycles. The Kier molecular flexibility index (Phi) is 7.78. The van der Waals surface area contributed by atoms with Crippen molar-refractivity contribution in [3.05, 3.63) is 69.4 Å². The molecule has 1 amide bonds. The molecule has 2 atom stereocenters. The molecule has 2 N–H and O–H groups in total. The Morgan fingerprint density at radius 1 is 1.10 bits per heavy atom. The largest absolute Gasteiger partial charge is 0.456 e. The summed E-state index contributed by atoms with van der Waals surface area (Å²) in [5, 5.41) is 16.0. The first-order chi connectivity index (χ1) is 14.6. The van der Waals surface area contributed by atoms with E-state index in [-0.39, 0.29) is 23.6 Å². The summed E-state index contributed by atoms with van der Waals surface area (Å²) in [4.78, 5) is 15.2. The molecular weight excluding hydrogens is 427 g/mol. The molecule has 0 fully saturated rings. The summed E-state index contributed by atoms with van der Waals surface area (Å²) in [6.07, 6.45) is -2.17. The Morgan fingerprint density at radius 3 is 2.19 bits per heavy atom. The van der Waals surface area contributed by atoms with Crippen molar-refractivity contribution in [2.75, 3.05) is 0 Å². The average Bonchev–Trinajstić information content (AvgIpc) is 2.73. The van der Waals surface area contributed by atoms with Gasteiger partial charge in [0.25, 0.3) is 5.91 Å². The Labute approximate surface area is 173 Å². The number of nitrogens with zero attached hydrogens (tertiary/aromatic N) is 3. The molecule has 166 valence electrons. The molecule has 0 saturated carbocycles. The summed E-state index contributed by atoms with van der Waals surface area (Å²) >= 11 is 0. The zero-order valence-electron chi connectivity index (χ0n) is 16.2. The van der Waals surface area contributed by atoms with E-state index in [9.17, 15) is 31.9 Å². The monoisotopic (exact) mass is 444 g/mol. The molecule has 0 heterocycles. The number of amides is 1. The van der Waals surface area contributed by atoms with Gasteiger partial charge in [0.15, 0.2) is 0 Å². The minimum atomic E-state index is -2.38. The van der Waals surface area contributed by atoms with Gasteiger partial charge in [0.05, 0.1) is 11.7 Å². The molecule has 0 radical (unpaired) electrons. The summed E-state index contributed by atoms with van der Waals surface area (Å²) in [5.41, 5.74) is 8.50. The Balaban J connectivity index is 2.34. The third-order valence-corrected chi connectivity index (χ3v) is 4.10. The van der Waals surface area contributed by atoms with Crippen LogP contribution in [-0.4, -0.2) is 23.3 Å². The third kappa shape index (κ3) is 5.41. The van der Waals surface area contributed by atoms with Crippen molar-refractivity contribution in [1.29, 1.82) is 0 Å². The summed E-state index contributed by atoms with van der Waals surface area (Å²) in [7, 11) is 0. The molecule has 31 heavy (non-hydrogen) atoms. The van der Waals surface area contributed by atoms with Crippen molar-refractivity contribution < 1.29 is 36.6 Å². The van der Waals surface area contributed by atoms with Crippen LogP contribution in [-0.2, 0) is 0 Å². The molecule has 7 nitrogen and oxygen atoms in total. The van der Waals surface area contributed by atoms with E-state index in [2.05, 4.69) is 20.1 Å².